The summed E-state index contributed by atoms with van der Waals surface area (Å²) in [7, 11) is 1.63. The highest BCUT2D eigenvalue weighted by atomic mass is 16.2. The Bertz CT molecular complexity index is 350. The van der Waals surface area contributed by atoms with Crippen molar-refractivity contribution in [3.8, 4) is 6.07 Å². The normalized spacial score (nSPS) is 19.3. The Morgan fingerprint density at radius 1 is 1.56 bits per heavy atom. The molecule has 0 aromatic carbocycles. The van der Waals surface area contributed by atoms with Gasteiger partial charge in [0, 0.05) is 19.6 Å². The van der Waals surface area contributed by atoms with Crippen molar-refractivity contribution in [3.05, 3.63) is 0 Å². The Labute approximate surface area is 108 Å². The number of amides is 2. The first-order valence-corrected chi connectivity index (χ1v) is 6.24. The van der Waals surface area contributed by atoms with Crippen LogP contribution in [0.15, 0.2) is 0 Å². The van der Waals surface area contributed by atoms with Crippen LogP contribution in [0.3, 0.4) is 0 Å². The van der Waals surface area contributed by atoms with Crippen molar-refractivity contribution in [3.63, 3.8) is 0 Å². The van der Waals surface area contributed by atoms with Crippen LogP contribution in [0.2, 0.25) is 0 Å². The monoisotopic (exact) mass is 252 g/mol. The molecule has 1 heterocycles. The lowest BCUT2D eigenvalue weighted by Gasteiger charge is -2.27. The summed E-state index contributed by atoms with van der Waals surface area (Å²) in [6.07, 6.45) is 2.20. The number of hydrogen-bond donors (Lipinski definition) is 1. The fourth-order valence-electron chi connectivity index (χ4n) is 2.29. The highest BCUT2D eigenvalue weighted by Gasteiger charge is 2.27. The van der Waals surface area contributed by atoms with Crippen molar-refractivity contribution in [1.29, 1.82) is 5.26 Å². The molecular formula is C12H20N4O2. The van der Waals surface area contributed by atoms with Crippen molar-refractivity contribution in [2.24, 2.45) is 0 Å². The molecule has 0 spiro atoms. The molecule has 18 heavy (non-hydrogen) atoms. The lowest BCUT2D eigenvalue weighted by Crippen LogP contribution is -2.46. The number of likely N-dealkylation sites (tertiary alicyclic amines) is 1. The molecule has 1 unspecified atom stereocenters. The van der Waals surface area contributed by atoms with Gasteiger partial charge in [0.2, 0.25) is 0 Å². The number of rotatable bonds is 4. The van der Waals surface area contributed by atoms with Gasteiger partial charge in [-0.15, -0.1) is 0 Å². The molecule has 1 N–H and O–H groups in total. The second kappa shape index (κ2) is 6.97. The summed E-state index contributed by atoms with van der Waals surface area (Å²) >= 11 is 0. The molecule has 0 saturated carbocycles. The average molecular weight is 252 g/mol. The van der Waals surface area contributed by atoms with Gasteiger partial charge in [-0.2, -0.15) is 5.26 Å². The maximum absolute atomic E-state index is 11.7. The molecule has 0 radical (unpaired) electrons. The Morgan fingerprint density at radius 3 is 2.89 bits per heavy atom. The fraction of sp³-hybridized carbons (Fsp3) is 0.750. The van der Waals surface area contributed by atoms with Crippen LogP contribution in [-0.4, -0.2) is 60.9 Å². The van der Waals surface area contributed by atoms with Crippen molar-refractivity contribution in [1.82, 2.24) is 15.1 Å². The summed E-state index contributed by atoms with van der Waals surface area (Å²) in [6, 6.07) is 2.11. The smallest absolute Gasteiger partial charge is 0.311 e. The quantitative estimate of drug-likeness (QED) is 0.544. The van der Waals surface area contributed by atoms with Gasteiger partial charge in [0.05, 0.1) is 6.07 Å². The first-order valence-electron chi connectivity index (χ1n) is 6.24. The van der Waals surface area contributed by atoms with Crippen molar-refractivity contribution in [2.75, 3.05) is 33.2 Å². The van der Waals surface area contributed by atoms with Gasteiger partial charge < -0.3 is 10.2 Å². The van der Waals surface area contributed by atoms with E-state index in [4.69, 9.17) is 5.26 Å². The molecule has 1 saturated heterocycles. The molecule has 2 amide bonds. The third-order valence-corrected chi connectivity index (χ3v) is 3.26. The molecule has 1 atom stereocenters. The van der Waals surface area contributed by atoms with Gasteiger partial charge in [0.1, 0.15) is 6.54 Å². The van der Waals surface area contributed by atoms with E-state index in [0.717, 1.165) is 25.9 Å². The lowest BCUT2D eigenvalue weighted by molar-refractivity contribution is -0.145. The molecular weight excluding hydrogens is 232 g/mol. The van der Waals surface area contributed by atoms with E-state index < -0.39 is 11.8 Å². The van der Waals surface area contributed by atoms with Gasteiger partial charge >= 0.3 is 11.8 Å². The highest BCUT2D eigenvalue weighted by molar-refractivity contribution is 6.34. The Balaban J connectivity index is 2.44. The largest absolute Gasteiger partial charge is 0.336 e. The number of likely N-dealkylation sites (N-methyl/N-ethyl adjacent to an activating group) is 2. The summed E-state index contributed by atoms with van der Waals surface area (Å²) in [5.74, 6) is -1.28. The van der Waals surface area contributed by atoms with Crippen LogP contribution in [0.4, 0.5) is 0 Å². The van der Waals surface area contributed by atoms with Gasteiger partial charge in [0.25, 0.3) is 0 Å². The van der Waals surface area contributed by atoms with Gasteiger partial charge in [-0.25, -0.2) is 0 Å². The maximum Gasteiger partial charge on any atom is 0.311 e. The molecule has 1 aliphatic heterocycles. The van der Waals surface area contributed by atoms with Crippen LogP contribution in [0.1, 0.15) is 19.8 Å². The summed E-state index contributed by atoms with van der Waals surface area (Å²) < 4.78 is 0. The molecule has 1 rings (SSSR count). The molecule has 1 aliphatic rings. The van der Waals surface area contributed by atoms with Crippen LogP contribution in [0.25, 0.3) is 0 Å². The Hall–Kier alpha value is -1.61. The van der Waals surface area contributed by atoms with Crippen LogP contribution in [0, 0.1) is 11.3 Å². The van der Waals surface area contributed by atoms with E-state index in [1.54, 1.807) is 13.1 Å². The van der Waals surface area contributed by atoms with Gasteiger partial charge in [-0.05, 0) is 25.9 Å². The summed E-state index contributed by atoms with van der Waals surface area (Å²) in [5.41, 5.74) is 0. The minimum Gasteiger partial charge on any atom is -0.336 e. The molecule has 0 aromatic heterocycles. The van der Waals surface area contributed by atoms with Crippen molar-refractivity contribution in [2.45, 2.75) is 25.8 Å². The van der Waals surface area contributed by atoms with Gasteiger partial charge in [-0.3, -0.25) is 14.5 Å². The summed E-state index contributed by atoms with van der Waals surface area (Å²) in [6.45, 7) is 4.55. The van der Waals surface area contributed by atoms with Crippen LogP contribution in [0.5, 0.6) is 0 Å². The van der Waals surface area contributed by atoms with E-state index >= 15 is 0 Å². The molecule has 0 bridgehead atoms. The second-order valence-electron chi connectivity index (χ2n) is 4.45. The van der Waals surface area contributed by atoms with Crippen LogP contribution < -0.4 is 5.32 Å². The standard InChI is InChI=1S/C12H20N4O2/c1-3-16-8-4-5-10(16)9-15(2)12(18)11(17)14-7-6-13/h10H,3-5,7-9H2,1-2H3,(H,14,17). The first-order chi connectivity index (χ1) is 8.60. The Kier molecular flexibility index (Phi) is 5.59. The minimum atomic E-state index is -0.708. The molecule has 100 valence electrons. The maximum atomic E-state index is 11.7. The number of nitrogens with one attached hydrogen (secondary N) is 1. The zero-order valence-corrected chi connectivity index (χ0v) is 11.0. The zero-order valence-electron chi connectivity index (χ0n) is 11.0. The first kappa shape index (κ1) is 14.5. The van der Waals surface area contributed by atoms with E-state index in [9.17, 15) is 9.59 Å². The fourth-order valence-corrected chi connectivity index (χ4v) is 2.29. The molecule has 6 nitrogen and oxygen atoms in total. The van der Waals surface area contributed by atoms with E-state index in [-0.39, 0.29) is 6.54 Å². The van der Waals surface area contributed by atoms with E-state index in [2.05, 4.69) is 17.1 Å². The molecule has 6 heteroatoms. The topological polar surface area (TPSA) is 76.4 Å². The molecule has 1 fully saturated rings. The van der Waals surface area contributed by atoms with Crippen molar-refractivity contribution < 1.29 is 9.59 Å². The predicted molar refractivity (Wildman–Crippen MR) is 66.5 cm³/mol. The zero-order chi connectivity index (χ0) is 13.5. The number of hydrogen-bond acceptors (Lipinski definition) is 4. The van der Waals surface area contributed by atoms with E-state index in [1.165, 1.54) is 4.90 Å². The van der Waals surface area contributed by atoms with Crippen LogP contribution in [-0.2, 0) is 9.59 Å². The van der Waals surface area contributed by atoms with Crippen LogP contribution >= 0.6 is 0 Å². The summed E-state index contributed by atoms with van der Waals surface area (Å²) in [5, 5.41) is 10.6. The SMILES string of the molecule is CCN1CCCC1CN(C)C(=O)C(=O)NCC#N. The predicted octanol–water partition coefficient (Wildman–Crippen LogP) is -0.431. The molecule has 0 aliphatic carbocycles. The van der Waals surface area contributed by atoms with Gasteiger partial charge in [-0.1, -0.05) is 6.92 Å². The second-order valence-corrected chi connectivity index (χ2v) is 4.45. The number of carbonyl (C=O) groups excluding carboxylic acids is 2. The average Bonchev–Trinajstić information content (AvgIpc) is 2.81. The third-order valence-electron chi connectivity index (χ3n) is 3.26. The van der Waals surface area contributed by atoms with Gasteiger partial charge in [0.15, 0.2) is 0 Å². The van der Waals surface area contributed by atoms with E-state index in [0.29, 0.717) is 12.6 Å². The highest BCUT2D eigenvalue weighted by Crippen LogP contribution is 2.17. The summed E-state index contributed by atoms with van der Waals surface area (Å²) in [4.78, 5) is 26.9. The number of nitrogens with zero attached hydrogens (tertiary/aromatic N) is 3. The Morgan fingerprint density at radius 2 is 2.28 bits per heavy atom. The number of nitriles is 1. The minimum absolute atomic E-state index is 0.136. The third kappa shape index (κ3) is 3.70. The van der Waals surface area contributed by atoms with E-state index in [1.807, 2.05) is 0 Å². The number of carbonyl (C=O) groups is 2. The lowest BCUT2D eigenvalue weighted by atomic mass is 10.2. The van der Waals surface area contributed by atoms with Crippen molar-refractivity contribution >= 4 is 11.8 Å². The molecule has 0 aromatic rings.